The summed E-state index contributed by atoms with van der Waals surface area (Å²) in [6.07, 6.45) is 0.0165. The van der Waals surface area contributed by atoms with E-state index < -0.39 is 5.97 Å². The van der Waals surface area contributed by atoms with Gasteiger partial charge in [0.1, 0.15) is 0 Å². The predicted molar refractivity (Wildman–Crippen MR) is 80.8 cm³/mol. The van der Waals surface area contributed by atoms with Gasteiger partial charge in [0.25, 0.3) is 0 Å². The average Bonchev–Trinajstić information content (AvgIpc) is 2.97. The number of hydrogen-bond acceptors (Lipinski definition) is 5. The molecule has 0 radical (unpaired) electrons. The van der Waals surface area contributed by atoms with Gasteiger partial charge in [-0.2, -0.15) is 0 Å². The van der Waals surface area contributed by atoms with Gasteiger partial charge < -0.3 is 20.3 Å². The van der Waals surface area contributed by atoms with Crippen LogP contribution in [0.2, 0.25) is 0 Å². The topological polar surface area (TPSA) is 78.8 Å². The first-order valence-electron chi connectivity index (χ1n) is 6.44. The molecule has 0 fully saturated rings. The summed E-state index contributed by atoms with van der Waals surface area (Å²) in [6.45, 7) is 0.466. The number of phenols is 1. The second kappa shape index (κ2) is 7.10. The number of aliphatic carboxylic acids is 1. The van der Waals surface area contributed by atoms with Gasteiger partial charge in [0, 0.05) is 11.4 Å². The van der Waals surface area contributed by atoms with Gasteiger partial charge in [-0.25, -0.2) is 0 Å². The van der Waals surface area contributed by atoms with Gasteiger partial charge in [-0.1, -0.05) is 12.1 Å². The summed E-state index contributed by atoms with van der Waals surface area (Å²) in [4.78, 5) is 11.9. The standard InChI is InChI=1S/C15H17NO4S/c1-20-13-5-4-10(7-12(13)17)9-16-11(8-15(18)19)14-3-2-6-21-14/h2-7,11,16-17H,8-9H2,1H3,(H,18,19). The molecule has 0 spiro atoms. The summed E-state index contributed by atoms with van der Waals surface area (Å²) < 4.78 is 4.99. The first-order valence-corrected chi connectivity index (χ1v) is 7.32. The number of phenolic OH excluding ortho intramolecular Hbond substituents is 1. The summed E-state index contributed by atoms with van der Waals surface area (Å²) in [5.74, 6) is -0.361. The third-order valence-corrected chi connectivity index (χ3v) is 4.05. The zero-order chi connectivity index (χ0) is 15.2. The van der Waals surface area contributed by atoms with Crippen molar-refractivity contribution in [2.24, 2.45) is 0 Å². The van der Waals surface area contributed by atoms with Crippen LogP contribution >= 0.6 is 11.3 Å². The van der Waals surface area contributed by atoms with E-state index in [-0.39, 0.29) is 18.2 Å². The van der Waals surface area contributed by atoms with E-state index >= 15 is 0 Å². The number of methoxy groups -OCH3 is 1. The first kappa shape index (κ1) is 15.3. The Kier molecular flexibility index (Phi) is 5.19. The molecule has 1 unspecified atom stereocenters. The number of carboxylic acid groups (broad SMARTS) is 1. The van der Waals surface area contributed by atoms with Crippen LogP contribution in [0.1, 0.15) is 22.9 Å². The highest BCUT2D eigenvalue weighted by atomic mass is 32.1. The summed E-state index contributed by atoms with van der Waals surface area (Å²) in [5, 5.41) is 23.9. The van der Waals surface area contributed by atoms with Crippen LogP contribution < -0.4 is 10.1 Å². The Morgan fingerprint density at radius 1 is 1.43 bits per heavy atom. The third-order valence-electron chi connectivity index (χ3n) is 3.06. The fourth-order valence-electron chi connectivity index (χ4n) is 2.02. The molecule has 0 saturated heterocycles. The van der Waals surface area contributed by atoms with Crippen molar-refractivity contribution in [2.75, 3.05) is 7.11 Å². The summed E-state index contributed by atoms with van der Waals surface area (Å²) >= 11 is 1.52. The fraction of sp³-hybridized carbons (Fsp3) is 0.267. The lowest BCUT2D eigenvalue weighted by Crippen LogP contribution is -2.22. The quantitative estimate of drug-likeness (QED) is 0.733. The van der Waals surface area contributed by atoms with Crippen LogP contribution in [0.3, 0.4) is 0 Å². The molecule has 1 aromatic heterocycles. The lowest BCUT2D eigenvalue weighted by atomic mass is 10.1. The molecule has 0 aliphatic carbocycles. The molecule has 0 aliphatic rings. The highest BCUT2D eigenvalue weighted by molar-refractivity contribution is 7.10. The lowest BCUT2D eigenvalue weighted by Gasteiger charge is -2.16. The summed E-state index contributed by atoms with van der Waals surface area (Å²) in [7, 11) is 1.49. The number of aromatic hydroxyl groups is 1. The van der Waals surface area contributed by atoms with E-state index in [0.29, 0.717) is 12.3 Å². The Labute approximate surface area is 126 Å². The molecule has 21 heavy (non-hydrogen) atoms. The Morgan fingerprint density at radius 3 is 2.81 bits per heavy atom. The van der Waals surface area contributed by atoms with E-state index in [0.717, 1.165) is 10.4 Å². The van der Waals surface area contributed by atoms with E-state index in [1.54, 1.807) is 12.1 Å². The van der Waals surface area contributed by atoms with Crippen LogP contribution in [0.4, 0.5) is 0 Å². The molecule has 112 valence electrons. The normalized spacial score (nSPS) is 12.0. The molecule has 2 aromatic rings. The number of rotatable bonds is 7. The molecule has 0 amide bonds. The summed E-state index contributed by atoms with van der Waals surface area (Å²) in [5.41, 5.74) is 0.861. The number of carbonyl (C=O) groups is 1. The highest BCUT2D eigenvalue weighted by Gasteiger charge is 2.16. The van der Waals surface area contributed by atoms with E-state index in [2.05, 4.69) is 5.32 Å². The number of nitrogens with one attached hydrogen (secondary N) is 1. The number of benzene rings is 1. The van der Waals surface area contributed by atoms with Crippen molar-refractivity contribution in [3.63, 3.8) is 0 Å². The molecule has 1 aromatic carbocycles. The Hall–Kier alpha value is -2.05. The predicted octanol–water partition coefficient (Wildman–Crippen LogP) is 2.77. The van der Waals surface area contributed by atoms with E-state index in [1.807, 2.05) is 23.6 Å². The molecule has 0 bridgehead atoms. The van der Waals surface area contributed by atoms with Gasteiger partial charge in [0.2, 0.25) is 0 Å². The Morgan fingerprint density at radius 2 is 2.24 bits per heavy atom. The van der Waals surface area contributed by atoms with E-state index in [4.69, 9.17) is 9.84 Å². The second-order valence-electron chi connectivity index (χ2n) is 4.55. The average molecular weight is 307 g/mol. The van der Waals surface area contributed by atoms with Crippen molar-refractivity contribution >= 4 is 17.3 Å². The molecule has 6 heteroatoms. The van der Waals surface area contributed by atoms with Gasteiger partial charge >= 0.3 is 5.97 Å². The lowest BCUT2D eigenvalue weighted by molar-refractivity contribution is -0.137. The fourth-order valence-corrected chi connectivity index (χ4v) is 2.83. The Balaban J connectivity index is 2.04. The Bertz CT molecular complexity index is 598. The van der Waals surface area contributed by atoms with Crippen LogP contribution in [0.5, 0.6) is 11.5 Å². The summed E-state index contributed by atoms with van der Waals surface area (Å²) in [6, 6.07) is 8.69. The van der Waals surface area contributed by atoms with Gasteiger partial charge in [-0.3, -0.25) is 4.79 Å². The molecule has 1 heterocycles. The maximum Gasteiger partial charge on any atom is 0.305 e. The highest BCUT2D eigenvalue weighted by Crippen LogP contribution is 2.27. The maximum atomic E-state index is 11.0. The van der Waals surface area contributed by atoms with Crippen molar-refractivity contribution in [1.82, 2.24) is 5.32 Å². The number of thiophene rings is 1. The van der Waals surface area contributed by atoms with Crippen LogP contribution in [0, 0.1) is 0 Å². The monoisotopic (exact) mass is 307 g/mol. The van der Waals surface area contributed by atoms with Crippen molar-refractivity contribution in [1.29, 1.82) is 0 Å². The minimum atomic E-state index is -0.849. The van der Waals surface area contributed by atoms with Crippen molar-refractivity contribution in [2.45, 2.75) is 19.0 Å². The van der Waals surface area contributed by atoms with Crippen LogP contribution in [-0.2, 0) is 11.3 Å². The van der Waals surface area contributed by atoms with Gasteiger partial charge in [-0.05, 0) is 29.1 Å². The molecular weight excluding hydrogens is 290 g/mol. The smallest absolute Gasteiger partial charge is 0.305 e. The number of ether oxygens (including phenoxy) is 1. The van der Waals surface area contributed by atoms with Crippen LogP contribution in [0.25, 0.3) is 0 Å². The van der Waals surface area contributed by atoms with Gasteiger partial charge in [0.15, 0.2) is 11.5 Å². The van der Waals surface area contributed by atoms with Crippen molar-refractivity contribution in [3.8, 4) is 11.5 Å². The molecule has 1 atom stereocenters. The molecule has 2 rings (SSSR count). The van der Waals surface area contributed by atoms with Gasteiger partial charge in [-0.15, -0.1) is 11.3 Å². The first-order chi connectivity index (χ1) is 10.1. The van der Waals surface area contributed by atoms with E-state index in [9.17, 15) is 9.90 Å². The van der Waals surface area contributed by atoms with E-state index in [1.165, 1.54) is 18.4 Å². The molecule has 3 N–H and O–H groups in total. The van der Waals surface area contributed by atoms with Gasteiger partial charge in [0.05, 0.1) is 19.6 Å². The number of hydrogen-bond donors (Lipinski definition) is 3. The largest absolute Gasteiger partial charge is 0.504 e. The molecule has 5 nitrogen and oxygen atoms in total. The minimum Gasteiger partial charge on any atom is -0.504 e. The van der Waals surface area contributed by atoms with Crippen molar-refractivity contribution in [3.05, 3.63) is 46.2 Å². The van der Waals surface area contributed by atoms with Crippen LogP contribution in [-0.4, -0.2) is 23.3 Å². The second-order valence-corrected chi connectivity index (χ2v) is 5.53. The SMILES string of the molecule is COc1ccc(CNC(CC(=O)O)c2cccs2)cc1O. The minimum absolute atomic E-state index is 0.0165. The number of carboxylic acids is 1. The zero-order valence-electron chi connectivity index (χ0n) is 11.6. The van der Waals surface area contributed by atoms with Crippen molar-refractivity contribution < 1.29 is 19.7 Å². The molecule has 0 aliphatic heterocycles. The molecule has 0 saturated carbocycles. The maximum absolute atomic E-state index is 11.0. The third kappa shape index (κ3) is 4.21. The zero-order valence-corrected chi connectivity index (χ0v) is 12.4. The van der Waals surface area contributed by atoms with Crippen LogP contribution in [0.15, 0.2) is 35.7 Å². The molecular formula is C15H17NO4S.